The minimum Gasteiger partial charge on any atom is -0.483 e. The van der Waals surface area contributed by atoms with Gasteiger partial charge in [-0.1, -0.05) is 29.8 Å². The maximum absolute atomic E-state index is 12.9. The van der Waals surface area contributed by atoms with Gasteiger partial charge in [0.1, 0.15) is 5.75 Å². The molecule has 2 amide bonds. The molecule has 0 aromatic heterocycles. The molecule has 2 aromatic rings. The molecule has 1 aliphatic rings. The number of ether oxygens (including phenoxy) is 1. The number of para-hydroxylation sites is 1. The Morgan fingerprint density at radius 1 is 1.04 bits per heavy atom. The molecule has 0 spiro atoms. The van der Waals surface area contributed by atoms with Gasteiger partial charge in [-0.3, -0.25) is 9.59 Å². The minimum absolute atomic E-state index is 0.115. The Hall–Kier alpha value is -2.73. The quantitative estimate of drug-likeness (QED) is 0.871. The van der Waals surface area contributed by atoms with Crippen molar-refractivity contribution in [3.8, 4) is 5.75 Å². The van der Waals surface area contributed by atoms with Crippen LogP contribution in [0.5, 0.6) is 5.75 Å². The summed E-state index contributed by atoms with van der Waals surface area (Å²) in [5, 5.41) is 0.696. The summed E-state index contributed by atoms with van der Waals surface area (Å²) in [6.45, 7) is 2.37. The van der Waals surface area contributed by atoms with Crippen LogP contribution >= 0.6 is 11.6 Å². The first kappa shape index (κ1) is 18.1. The van der Waals surface area contributed by atoms with Crippen molar-refractivity contribution in [1.82, 2.24) is 4.90 Å². The number of carbonyl (C=O) groups excluding carboxylic acids is 2. The monoisotopic (exact) mass is 373 g/mol. The van der Waals surface area contributed by atoms with Crippen LogP contribution in [0, 0.1) is 0 Å². The number of halogens is 1. The lowest BCUT2D eigenvalue weighted by Gasteiger charge is -2.36. The number of nitrogens with two attached hydrogens (primary N) is 1. The van der Waals surface area contributed by atoms with Gasteiger partial charge in [0.05, 0.1) is 5.56 Å². The summed E-state index contributed by atoms with van der Waals surface area (Å²) in [6, 6.07) is 14.6. The zero-order valence-corrected chi connectivity index (χ0v) is 15.0. The number of piperazine rings is 1. The molecule has 1 saturated heterocycles. The van der Waals surface area contributed by atoms with Crippen LogP contribution in [-0.2, 0) is 4.79 Å². The number of hydrogen-bond donors (Lipinski definition) is 1. The minimum atomic E-state index is -0.581. The third kappa shape index (κ3) is 4.26. The second kappa shape index (κ2) is 8.10. The Morgan fingerprint density at radius 3 is 2.46 bits per heavy atom. The number of rotatable bonds is 5. The van der Waals surface area contributed by atoms with Crippen molar-refractivity contribution in [2.24, 2.45) is 5.73 Å². The number of carbonyl (C=O) groups is 2. The lowest BCUT2D eigenvalue weighted by atomic mass is 10.1. The summed E-state index contributed by atoms with van der Waals surface area (Å²) in [7, 11) is 0. The second-order valence-corrected chi connectivity index (χ2v) is 6.45. The first-order valence-corrected chi connectivity index (χ1v) is 8.72. The van der Waals surface area contributed by atoms with Crippen LogP contribution in [0.2, 0.25) is 5.02 Å². The van der Waals surface area contributed by atoms with Crippen LogP contribution in [0.4, 0.5) is 5.69 Å². The number of amides is 2. The average molecular weight is 374 g/mol. The first-order valence-electron chi connectivity index (χ1n) is 8.34. The van der Waals surface area contributed by atoms with Crippen LogP contribution in [0.1, 0.15) is 10.4 Å². The molecule has 0 bridgehead atoms. The van der Waals surface area contributed by atoms with Gasteiger partial charge >= 0.3 is 0 Å². The predicted molar refractivity (Wildman–Crippen MR) is 101 cm³/mol. The van der Waals surface area contributed by atoms with E-state index in [9.17, 15) is 9.59 Å². The van der Waals surface area contributed by atoms with E-state index >= 15 is 0 Å². The number of primary amides is 1. The molecule has 2 aromatic carbocycles. The third-order valence-corrected chi connectivity index (χ3v) is 4.46. The molecule has 0 atom stereocenters. The van der Waals surface area contributed by atoms with E-state index in [1.54, 1.807) is 29.2 Å². The van der Waals surface area contributed by atoms with E-state index in [1.165, 1.54) is 0 Å². The van der Waals surface area contributed by atoms with Gasteiger partial charge in [0, 0.05) is 36.9 Å². The normalized spacial score (nSPS) is 14.2. The van der Waals surface area contributed by atoms with Crippen LogP contribution in [0.3, 0.4) is 0 Å². The van der Waals surface area contributed by atoms with E-state index in [-0.39, 0.29) is 12.5 Å². The number of anilines is 1. The molecule has 0 unspecified atom stereocenters. The second-order valence-electron chi connectivity index (χ2n) is 6.01. The Labute approximate surface area is 157 Å². The molecule has 26 heavy (non-hydrogen) atoms. The zero-order chi connectivity index (χ0) is 18.5. The van der Waals surface area contributed by atoms with Crippen molar-refractivity contribution >= 4 is 29.1 Å². The highest BCUT2D eigenvalue weighted by molar-refractivity contribution is 6.30. The summed E-state index contributed by atoms with van der Waals surface area (Å²) in [4.78, 5) is 27.8. The topological polar surface area (TPSA) is 75.9 Å². The van der Waals surface area contributed by atoms with Gasteiger partial charge < -0.3 is 20.3 Å². The van der Waals surface area contributed by atoms with Gasteiger partial charge in [-0.05, 0) is 30.3 Å². The third-order valence-electron chi connectivity index (χ3n) is 4.23. The Morgan fingerprint density at radius 2 is 1.77 bits per heavy atom. The van der Waals surface area contributed by atoms with Crippen molar-refractivity contribution in [2.45, 2.75) is 0 Å². The van der Waals surface area contributed by atoms with E-state index < -0.39 is 5.91 Å². The molecule has 6 nitrogen and oxygen atoms in total. The summed E-state index contributed by atoms with van der Waals surface area (Å²) in [5.74, 6) is -0.327. The Balaban J connectivity index is 1.66. The van der Waals surface area contributed by atoms with Crippen molar-refractivity contribution in [2.75, 3.05) is 37.7 Å². The molecular weight excluding hydrogens is 354 g/mol. The molecule has 0 aliphatic carbocycles. The molecule has 2 N–H and O–H groups in total. The van der Waals surface area contributed by atoms with Crippen LogP contribution in [0.25, 0.3) is 0 Å². The summed E-state index contributed by atoms with van der Waals surface area (Å²) >= 11 is 6.05. The maximum atomic E-state index is 12.9. The fourth-order valence-corrected chi connectivity index (χ4v) is 3.11. The number of hydrogen-bond acceptors (Lipinski definition) is 4. The largest absolute Gasteiger partial charge is 0.483 e. The number of benzene rings is 2. The molecule has 0 saturated carbocycles. The summed E-state index contributed by atoms with van der Waals surface area (Å²) in [5.41, 5.74) is 6.60. The van der Waals surface area contributed by atoms with Gasteiger partial charge in [-0.15, -0.1) is 0 Å². The SMILES string of the molecule is NC(=O)COc1ccccc1C(=O)N1CCN(c2cccc(Cl)c2)CC1. The molecule has 1 aliphatic heterocycles. The number of nitrogens with zero attached hydrogens (tertiary/aromatic N) is 2. The van der Waals surface area contributed by atoms with Crippen LogP contribution < -0.4 is 15.4 Å². The van der Waals surface area contributed by atoms with Crippen LogP contribution in [-0.4, -0.2) is 49.5 Å². The predicted octanol–water partition coefficient (Wildman–Crippen LogP) is 2.17. The first-order chi connectivity index (χ1) is 12.5. The van der Waals surface area contributed by atoms with Crippen molar-refractivity contribution < 1.29 is 14.3 Å². The Bertz CT molecular complexity index is 804. The van der Waals surface area contributed by atoms with Crippen LogP contribution in [0.15, 0.2) is 48.5 Å². The van der Waals surface area contributed by atoms with Crippen molar-refractivity contribution in [3.05, 3.63) is 59.1 Å². The molecular formula is C19H20ClN3O3. The van der Waals surface area contributed by atoms with E-state index in [0.29, 0.717) is 29.4 Å². The van der Waals surface area contributed by atoms with Gasteiger partial charge in [0.2, 0.25) is 0 Å². The lowest BCUT2D eigenvalue weighted by molar-refractivity contribution is -0.119. The molecule has 1 fully saturated rings. The van der Waals surface area contributed by atoms with Crippen molar-refractivity contribution in [1.29, 1.82) is 0 Å². The summed E-state index contributed by atoms with van der Waals surface area (Å²) in [6.07, 6.45) is 0. The molecule has 0 radical (unpaired) electrons. The molecule has 136 valence electrons. The van der Waals surface area contributed by atoms with E-state index in [1.807, 2.05) is 24.3 Å². The van der Waals surface area contributed by atoms with E-state index in [4.69, 9.17) is 22.1 Å². The summed E-state index contributed by atoms with van der Waals surface area (Å²) < 4.78 is 5.37. The smallest absolute Gasteiger partial charge is 0.257 e. The van der Waals surface area contributed by atoms with Crippen molar-refractivity contribution in [3.63, 3.8) is 0 Å². The van der Waals surface area contributed by atoms with Gasteiger partial charge in [0.15, 0.2) is 6.61 Å². The van der Waals surface area contributed by atoms with Gasteiger partial charge in [-0.25, -0.2) is 0 Å². The highest BCUT2D eigenvalue weighted by Gasteiger charge is 2.24. The molecule has 3 rings (SSSR count). The van der Waals surface area contributed by atoms with E-state index in [0.717, 1.165) is 18.8 Å². The lowest BCUT2D eigenvalue weighted by Crippen LogP contribution is -2.48. The van der Waals surface area contributed by atoms with Gasteiger partial charge in [0.25, 0.3) is 11.8 Å². The van der Waals surface area contributed by atoms with E-state index in [2.05, 4.69) is 4.90 Å². The maximum Gasteiger partial charge on any atom is 0.257 e. The standard InChI is InChI=1S/C19H20ClN3O3/c20-14-4-3-5-15(12-14)22-8-10-23(11-9-22)19(25)16-6-1-2-7-17(16)26-13-18(21)24/h1-7,12H,8-11,13H2,(H2,21,24). The fraction of sp³-hybridized carbons (Fsp3) is 0.263. The highest BCUT2D eigenvalue weighted by Crippen LogP contribution is 2.23. The van der Waals surface area contributed by atoms with Gasteiger partial charge in [-0.2, -0.15) is 0 Å². The molecule has 1 heterocycles. The Kier molecular flexibility index (Phi) is 5.63. The highest BCUT2D eigenvalue weighted by atomic mass is 35.5. The fourth-order valence-electron chi connectivity index (χ4n) is 2.93. The molecule has 7 heteroatoms. The zero-order valence-electron chi connectivity index (χ0n) is 14.2. The average Bonchev–Trinajstić information content (AvgIpc) is 2.66.